The lowest BCUT2D eigenvalue weighted by atomic mass is 10.1. The Morgan fingerprint density at radius 1 is 1.00 bits per heavy atom. The summed E-state index contributed by atoms with van der Waals surface area (Å²) in [7, 11) is 0. The Hall–Kier alpha value is -1.27. The minimum absolute atomic E-state index is 0.142. The van der Waals surface area contributed by atoms with Crippen molar-refractivity contribution in [2.24, 2.45) is 0 Å². The molecule has 0 aliphatic carbocycles. The average molecular weight is 375 g/mol. The zero-order valence-electron chi connectivity index (χ0n) is 15.2. The van der Waals surface area contributed by atoms with E-state index in [1.165, 1.54) is 35.1 Å². The molecule has 4 rings (SSSR count). The van der Waals surface area contributed by atoms with Crippen molar-refractivity contribution in [2.45, 2.75) is 38.5 Å². The number of benzene rings is 1. The van der Waals surface area contributed by atoms with E-state index in [0.29, 0.717) is 6.10 Å². The van der Waals surface area contributed by atoms with Gasteiger partial charge in [-0.2, -0.15) is 0 Å². The quantitative estimate of drug-likeness (QED) is 0.769. The number of rotatable bonds is 5. The van der Waals surface area contributed by atoms with E-state index in [-0.39, 0.29) is 5.82 Å². The van der Waals surface area contributed by atoms with Gasteiger partial charge in [0.1, 0.15) is 5.82 Å². The maximum atomic E-state index is 13.3. The van der Waals surface area contributed by atoms with E-state index in [2.05, 4.69) is 21.9 Å². The van der Waals surface area contributed by atoms with Crippen molar-refractivity contribution < 1.29 is 9.13 Å². The summed E-state index contributed by atoms with van der Waals surface area (Å²) in [6.45, 7) is 7.01. The van der Waals surface area contributed by atoms with Gasteiger partial charge in [0.2, 0.25) is 0 Å². The fourth-order valence-electron chi connectivity index (χ4n) is 3.84. The second kappa shape index (κ2) is 8.61. The van der Waals surface area contributed by atoms with Crippen molar-refractivity contribution >= 4 is 11.3 Å². The number of halogens is 1. The SMILES string of the molecule is Fc1cccc(CN2CCN(Cc3ccc([C@@H]4CCCCO4)s3)CC2)c1. The second-order valence-electron chi connectivity index (χ2n) is 7.34. The standard InChI is InChI=1S/C21H27FN2OS/c22-18-5-3-4-17(14-18)15-23-9-11-24(12-10-23)16-19-7-8-21(26-19)20-6-1-2-13-25-20/h3-5,7-8,14,20H,1-2,6,9-13,15-16H2/t20-/m0/s1. The van der Waals surface area contributed by atoms with Crippen LogP contribution in [0.4, 0.5) is 4.39 Å². The highest BCUT2D eigenvalue weighted by molar-refractivity contribution is 7.12. The van der Waals surface area contributed by atoms with Gasteiger partial charge in [-0.1, -0.05) is 12.1 Å². The van der Waals surface area contributed by atoms with Crippen LogP contribution in [0.1, 0.15) is 40.7 Å². The summed E-state index contributed by atoms with van der Waals surface area (Å²) < 4.78 is 19.2. The molecule has 2 aliphatic heterocycles. The highest BCUT2D eigenvalue weighted by Gasteiger charge is 2.20. The number of ether oxygens (including phenoxy) is 1. The molecule has 1 atom stereocenters. The van der Waals surface area contributed by atoms with Crippen LogP contribution in [0.3, 0.4) is 0 Å². The van der Waals surface area contributed by atoms with Gasteiger partial charge in [0.05, 0.1) is 6.10 Å². The molecule has 3 heterocycles. The Kier molecular flexibility index (Phi) is 6.00. The van der Waals surface area contributed by atoms with E-state index in [9.17, 15) is 4.39 Å². The van der Waals surface area contributed by atoms with E-state index in [0.717, 1.165) is 51.4 Å². The van der Waals surface area contributed by atoms with Crippen molar-refractivity contribution in [1.29, 1.82) is 0 Å². The number of nitrogens with zero attached hydrogens (tertiary/aromatic N) is 2. The summed E-state index contributed by atoms with van der Waals surface area (Å²) in [5.41, 5.74) is 1.06. The van der Waals surface area contributed by atoms with Crippen LogP contribution in [0.25, 0.3) is 0 Å². The van der Waals surface area contributed by atoms with Crippen molar-refractivity contribution in [2.75, 3.05) is 32.8 Å². The van der Waals surface area contributed by atoms with Crippen LogP contribution in [0.15, 0.2) is 36.4 Å². The Morgan fingerprint density at radius 3 is 2.54 bits per heavy atom. The molecular formula is C21H27FN2OS. The summed E-state index contributed by atoms with van der Waals surface area (Å²) in [4.78, 5) is 7.78. The molecule has 2 aromatic rings. The molecule has 0 unspecified atom stereocenters. The second-order valence-corrected chi connectivity index (χ2v) is 8.54. The molecule has 0 saturated carbocycles. The van der Waals surface area contributed by atoms with Crippen molar-refractivity contribution in [3.05, 3.63) is 57.5 Å². The van der Waals surface area contributed by atoms with E-state index in [1.807, 2.05) is 17.4 Å². The Morgan fingerprint density at radius 2 is 1.81 bits per heavy atom. The molecule has 0 bridgehead atoms. The summed E-state index contributed by atoms with van der Waals surface area (Å²) in [5, 5.41) is 0. The van der Waals surface area contributed by atoms with E-state index in [1.54, 1.807) is 12.1 Å². The van der Waals surface area contributed by atoms with Crippen molar-refractivity contribution in [1.82, 2.24) is 9.80 Å². The lowest BCUT2D eigenvalue weighted by molar-refractivity contribution is 0.0172. The summed E-state index contributed by atoms with van der Waals surface area (Å²) in [6.07, 6.45) is 3.98. The molecule has 2 aliphatic rings. The summed E-state index contributed by atoms with van der Waals surface area (Å²) >= 11 is 1.92. The molecule has 0 N–H and O–H groups in total. The maximum absolute atomic E-state index is 13.3. The smallest absolute Gasteiger partial charge is 0.123 e. The third-order valence-corrected chi connectivity index (χ3v) is 6.48. The largest absolute Gasteiger partial charge is 0.373 e. The van der Waals surface area contributed by atoms with Gasteiger partial charge in [0.25, 0.3) is 0 Å². The first-order chi connectivity index (χ1) is 12.8. The Bertz CT molecular complexity index is 706. The van der Waals surface area contributed by atoms with Crippen LogP contribution < -0.4 is 0 Å². The van der Waals surface area contributed by atoms with Crippen LogP contribution in [-0.4, -0.2) is 42.6 Å². The zero-order valence-corrected chi connectivity index (χ0v) is 16.0. The van der Waals surface area contributed by atoms with Gasteiger partial charge in [-0.25, -0.2) is 4.39 Å². The monoisotopic (exact) mass is 374 g/mol. The van der Waals surface area contributed by atoms with E-state index in [4.69, 9.17) is 4.74 Å². The predicted molar refractivity (Wildman–Crippen MR) is 104 cm³/mol. The molecular weight excluding hydrogens is 347 g/mol. The van der Waals surface area contributed by atoms with Gasteiger partial charge in [-0.05, 0) is 49.1 Å². The average Bonchev–Trinajstić information content (AvgIpc) is 3.13. The summed E-state index contributed by atoms with van der Waals surface area (Å²) in [5.74, 6) is -0.142. The predicted octanol–water partition coefficient (Wildman–Crippen LogP) is 4.45. The molecule has 140 valence electrons. The van der Waals surface area contributed by atoms with Gasteiger partial charge >= 0.3 is 0 Å². The lowest BCUT2D eigenvalue weighted by Gasteiger charge is -2.34. The minimum atomic E-state index is -0.142. The normalized spacial score (nSPS) is 22.6. The zero-order chi connectivity index (χ0) is 17.8. The maximum Gasteiger partial charge on any atom is 0.123 e. The van der Waals surface area contributed by atoms with E-state index >= 15 is 0 Å². The molecule has 0 amide bonds. The fourth-order valence-corrected chi connectivity index (χ4v) is 4.98. The third-order valence-electron chi connectivity index (χ3n) is 5.32. The molecule has 0 spiro atoms. The third kappa shape index (κ3) is 4.71. The van der Waals surface area contributed by atoms with Crippen LogP contribution in [-0.2, 0) is 17.8 Å². The van der Waals surface area contributed by atoms with Crippen molar-refractivity contribution in [3.63, 3.8) is 0 Å². The van der Waals surface area contributed by atoms with Crippen LogP contribution in [0, 0.1) is 5.82 Å². The Labute approximate surface area is 159 Å². The Balaban J connectivity index is 1.25. The number of hydrogen-bond donors (Lipinski definition) is 0. The topological polar surface area (TPSA) is 15.7 Å². The molecule has 1 aromatic carbocycles. The number of thiophene rings is 1. The van der Waals surface area contributed by atoms with Crippen LogP contribution in [0.2, 0.25) is 0 Å². The first-order valence-corrected chi connectivity index (χ1v) is 10.5. The van der Waals surface area contributed by atoms with Gasteiger partial charge < -0.3 is 4.74 Å². The van der Waals surface area contributed by atoms with Crippen LogP contribution in [0.5, 0.6) is 0 Å². The highest BCUT2D eigenvalue weighted by atomic mass is 32.1. The van der Waals surface area contributed by atoms with Gasteiger partial charge in [-0.3, -0.25) is 9.80 Å². The number of piperazine rings is 1. The molecule has 0 radical (unpaired) electrons. The molecule has 1 aromatic heterocycles. The van der Waals surface area contributed by atoms with Crippen molar-refractivity contribution in [3.8, 4) is 0 Å². The summed E-state index contributed by atoms with van der Waals surface area (Å²) in [6, 6.07) is 11.5. The van der Waals surface area contributed by atoms with Gasteiger partial charge in [-0.15, -0.1) is 11.3 Å². The first-order valence-electron chi connectivity index (χ1n) is 9.66. The van der Waals surface area contributed by atoms with E-state index < -0.39 is 0 Å². The molecule has 3 nitrogen and oxygen atoms in total. The molecule has 2 saturated heterocycles. The molecule has 2 fully saturated rings. The van der Waals surface area contributed by atoms with Crippen LogP contribution >= 0.6 is 11.3 Å². The lowest BCUT2D eigenvalue weighted by Crippen LogP contribution is -2.45. The minimum Gasteiger partial charge on any atom is -0.373 e. The molecule has 5 heteroatoms. The highest BCUT2D eigenvalue weighted by Crippen LogP contribution is 2.33. The first kappa shape index (κ1) is 18.1. The van der Waals surface area contributed by atoms with Gasteiger partial charge in [0.15, 0.2) is 0 Å². The van der Waals surface area contributed by atoms with Gasteiger partial charge in [0, 0.05) is 55.6 Å². The fraction of sp³-hybridized carbons (Fsp3) is 0.524. The molecule has 26 heavy (non-hydrogen) atoms. The number of hydrogen-bond acceptors (Lipinski definition) is 4.